The standard InChI is InChI=1S/C24H36O5S/c1-16(2)9-10-20-23(3,29-20)22-21(28-4)19(26)11-12-24(22,27)15-30-14-18-8-6-5-7-17(18)13-25/h5-9,19-22,25-27H,10-15H2,1-4H3. The lowest BCUT2D eigenvalue weighted by molar-refractivity contribution is -0.169. The van der Waals surface area contributed by atoms with E-state index in [1.54, 1.807) is 18.9 Å². The molecule has 0 bridgehead atoms. The van der Waals surface area contributed by atoms with Crippen molar-refractivity contribution in [1.29, 1.82) is 0 Å². The van der Waals surface area contributed by atoms with E-state index in [1.165, 1.54) is 5.57 Å². The van der Waals surface area contributed by atoms with Gasteiger partial charge in [-0.05, 0) is 51.2 Å². The molecule has 1 aromatic rings. The monoisotopic (exact) mass is 436 g/mol. The lowest BCUT2D eigenvalue weighted by Crippen LogP contribution is -2.60. The average molecular weight is 437 g/mol. The van der Waals surface area contributed by atoms with Gasteiger partial charge in [0, 0.05) is 24.5 Å². The van der Waals surface area contributed by atoms with Crippen LogP contribution in [0.1, 0.15) is 51.2 Å². The van der Waals surface area contributed by atoms with Crippen LogP contribution in [0.4, 0.5) is 0 Å². The molecule has 3 rings (SSSR count). The molecular formula is C24H36O5S. The van der Waals surface area contributed by atoms with Crippen LogP contribution in [-0.2, 0) is 21.8 Å². The van der Waals surface area contributed by atoms with E-state index in [-0.39, 0.29) is 18.6 Å². The molecule has 2 aliphatic rings. The molecule has 30 heavy (non-hydrogen) atoms. The maximum atomic E-state index is 11.8. The van der Waals surface area contributed by atoms with Crippen LogP contribution < -0.4 is 0 Å². The number of methoxy groups -OCH3 is 1. The largest absolute Gasteiger partial charge is 0.392 e. The van der Waals surface area contributed by atoms with Crippen LogP contribution in [0.2, 0.25) is 0 Å². The molecule has 0 aromatic heterocycles. The fourth-order valence-electron chi connectivity index (χ4n) is 4.92. The van der Waals surface area contributed by atoms with E-state index < -0.39 is 23.4 Å². The Morgan fingerprint density at radius 1 is 1.30 bits per heavy atom. The van der Waals surface area contributed by atoms with E-state index in [1.807, 2.05) is 31.2 Å². The minimum absolute atomic E-state index is 0.0134. The summed E-state index contributed by atoms with van der Waals surface area (Å²) in [6.07, 6.45) is 2.94. The molecule has 6 unspecified atom stereocenters. The first-order valence-corrected chi connectivity index (χ1v) is 11.9. The first kappa shape index (κ1) is 23.8. The Labute approximate surface area is 184 Å². The minimum Gasteiger partial charge on any atom is -0.392 e. The highest BCUT2D eigenvalue weighted by Gasteiger charge is 2.66. The van der Waals surface area contributed by atoms with Crippen LogP contribution in [0.15, 0.2) is 35.9 Å². The number of rotatable bonds is 9. The van der Waals surface area contributed by atoms with Crippen LogP contribution >= 0.6 is 11.8 Å². The summed E-state index contributed by atoms with van der Waals surface area (Å²) in [7, 11) is 1.61. The van der Waals surface area contributed by atoms with Gasteiger partial charge in [0.2, 0.25) is 0 Å². The molecule has 1 saturated carbocycles. The fraction of sp³-hybridized carbons (Fsp3) is 0.667. The molecule has 0 radical (unpaired) electrons. The molecule has 6 atom stereocenters. The zero-order valence-electron chi connectivity index (χ0n) is 18.5. The van der Waals surface area contributed by atoms with Crippen molar-refractivity contribution in [3.05, 3.63) is 47.0 Å². The summed E-state index contributed by atoms with van der Waals surface area (Å²) in [5.41, 5.74) is 1.73. The number of allylic oxidation sites excluding steroid dienone is 1. The molecule has 1 heterocycles. The summed E-state index contributed by atoms with van der Waals surface area (Å²) in [5.74, 6) is 0.929. The molecule has 1 aromatic carbocycles. The van der Waals surface area contributed by atoms with E-state index in [2.05, 4.69) is 19.9 Å². The van der Waals surface area contributed by atoms with Crippen LogP contribution in [0, 0.1) is 5.92 Å². The zero-order valence-corrected chi connectivity index (χ0v) is 19.3. The number of aliphatic hydroxyl groups is 3. The van der Waals surface area contributed by atoms with Gasteiger partial charge in [0.25, 0.3) is 0 Å². The van der Waals surface area contributed by atoms with Gasteiger partial charge < -0.3 is 24.8 Å². The third-order valence-corrected chi connectivity index (χ3v) is 7.89. The molecule has 1 aliphatic heterocycles. The quantitative estimate of drug-likeness (QED) is 0.406. The van der Waals surface area contributed by atoms with Gasteiger partial charge in [0.1, 0.15) is 5.60 Å². The summed E-state index contributed by atoms with van der Waals surface area (Å²) in [4.78, 5) is 0. The number of epoxide rings is 1. The van der Waals surface area contributed by atoms with Crippen molar-refractivity contribution in [2.45, 2.75) is 81.9 Å². The second-order valence-electron chi connectivity index (χ2n) is 9.11. The lowest BCUT2D eigenvalue weighted by Gasteiger charge is -2.48. The number of hydrogen-bond donors (Lipinski definition) is 3. The van der Waals surface area contributed by atoms with Crippen molar-refractivity contribution in [3.63, 3.8) is 0 Å². The van der Waals surface area contributed by atoms with Crippen molar-refractivity contribution >= 4 is 11.8 Å². The third-order valence-electron chi connectivity index (χ3n) is 6.67. The van der Waals surface area contributed by atoms with Gasteiger partial charge in [0.05, 0.1) is 30.5 Å². The smallest absolute Gasteiger partial charge is 0.100 e. The highest BCUT2D eigenvalue weighted by molar-refractivity contribution is 7.98. The Morgan fingerprint density at radius 3 is 2.63 bits per heavy atom. The van der Waals surface area contributed by atoms with Gasteiger partial charge in [-0.15, -0.1) is 0 Å². The van der Waals surface area contributed by atoms with E-state index in [9.17, 15) is 15.3 Å². The molecule has 0 spiro atoms. The summed E-state index contributed by atoms with van der Waals surface area (Å²) < 4.78 is 11.8. The van der Waals surface area contributed by atoms with Crippen molar-refractivity contribution in [3.8, 4) is 0 Å². The predicted octanol–water partition coefficient (Wildman–Crippen LogP) is 3.44. The fourth-order valence-corrected chi connectivity index (χ4v) is 6.20. The number of benzene rings is 1. The number of aliphatic hydroxyl groups excluding tert-OH is 2. The van der Waals surface area contributed by atoms with Crippen LogP contribution in [0.25, 0.3) is 0 Å². The molecule has 2 fully saturated rings. The summed E-state index contributed by atoms with van der Waals surface area (Å²) in [6.45, 7) is 6.19. The SMILES string of the molecule is COC1C(O)CCC(O)(CSCc2ccccc2CO)C1C1(C)OC1CC=C(C)C. The van der Waals surface area contributed by atoms with Crippen LogP contribution in [-0.4, -0.2) is 57.7 Å². The first-order valence-electron chi connectivity index (χ1n) is 10.7. The van der Waals surface area contributed by atoms with E-state index >= 15 is 0 Å². The van der Waals surface area contributed by atoms with Gasteiger partial charge in [-0.25, -0.2) is 0 Å². The van der Waals surface area contributed by atoms with E-state index in [4.69, 9.17) is 9.47 Å². The van der Waals surface area contributed by atoms with Gasteiger partial charge in [0.15, 0.2) is 0 Å². The molecular weight excluding hydrogens is 400 g/mol. The van der Waals surface area contributed by atoms with Gasteiger partial charge >= 0.3 is 0 Å². The Bertz CT molecular complexity index is 749. The first-order chi connectivity index (χ1) is 14.2. The number of ether oxygens (including phenoxy) is 2. The molecule has 1 saturated heterocycles. The summed E-state index contributed by atoms with van der Waals surface area (Å²) in [6, 6.07) is 7.84. The Kier molecular flexibility index (Phi) is 7.70. The predicted molar refractivity (Wildman–Crippen MR) is 120 cm³/mol. The Hall–Kier alpha value is -0.890. The normalized spacial score (nSPS) is 35.8. The van der Waals surface area contributed by atoms with Gasteiger partial charge in [-0.1, -0.05) is 35.9 Å². The highest BCUT2D eigenvalue weighted by atomic mass is 32.2. The second kappa shape index (κ2) is 9.72. The van der Waals surface area contributed by atoms with Crippen LogP contribution in [0.3, 0.4) is 0 Å². The van der Waals surface area contributed by atoms with Crippen molar-refractivity contribution < 1.29 is 24.8 Å². The molecule has 168 valence electrons. The maximum absolute atomic E-state index is 11.8. The highest BCUT2D eigenvalue weighted by Crippen LogP contribution is 2.55. The Balaban J connectivity index is 1.75. The Morgan fingerprint density at radius 2 is 2.00 bits per heavy atom. The lowest BCUT2D eigenvalue weighted by atomic mass is 9.66. The molecule has 0 amide bonds. The minimum atomic E-state index is -0.993. The zero-order chi connectivity index (χ0) is 21.9. The van der Waals surface area contributed by atoms with Crippen molar-refractivity contribution in [2.24, 2.45) is 5.92 Å². The molecule has 6 heteroatoms. The van der Waals surface area contributed by atoms with Gasteiger partial charge in [-0.3, -0.25) is 0 Å². The van der Waals surface area contributed by atoms with Crippen LogP contribution in [0.5, 0.6) is 0 Å². The van der Waals surface area contributed by atoms with Crippen molar-refractivity contribution in [2.75, 3.05) is 12.9 Å². The molecule has 3 N–H and O–H groups in total. The summed E-state index contributed by atoms with van der Waals surface area (Å²) >= 11 is 1.66. The van der Waals surface area contributed by atoms with E-state index in [0.29, 0.717) is 24.3 Å². The molecule has 5 nitrogen and oxygen atoms in total. The van der Waals surface area contributed by atoms with Crippen molar-refractivity contribution in [1.82, 2.24) is 0 Å². The molecule has 1 aliphatic carbocycles. The second-order valence-corrected chi connectivity index (χ2v) is 10.1. The third kappa shape index (κ3) is 4.95. The number of thioether (sulfide) groups is 1. The van der Waals surface area contributed by atoms with E-state index in [0.717, 1.165) is 17.5 Å². The summed E-state index contributed by atoms with van der Waals surface area (Å²) in [5, 5.41) is 31.9. The number of hydrogen-bond acceptors (Lipinski definition) is 6. The van der Waals surface area contributed by atoms with Gasteiger partial charge in [-0.2, -0.15) is 11.8 Å². The topological polar surface area (TPSA) is 82.5 Å². The maximum Gasteiger partial charge on any atom is 0.100 e. The average Bonchev–Trinajstić information content (AvgIpc) is 3.39.